The van der Waals surface area contributed by atoms with Gasteiger partial charge in [-0.3, -0.25) is 10.2 Å². The Morgan fingerprint density at radius 1 is 1.23 bits per heavy atom. The monoisotopic (exact) mass is 436 g/mol. The highest BCUT2D eigenvalue weighted by molar-refractivity contribution is 5.87. The molecule has 0 saturated carbocycles. The molecule has 172 valence electrons. The summed E-state index contributed by atoms with van der Waals surface area (Å²) < 4.78 is 15.5. The summed E-state index contributed by atoms with van der Waals surface area (Å²) in [5.74, 6) is -0.837. The maximum absolute atomic E-state index is 12.5. The van der Waals surface area contributed by atoms with Gasteiger partial charge >= 0.3 is 18.2 Å². The first kappa shape index (κ1) is 25.8. The number of carboxylic acids is 1. The molecule has 0 spiro atoms. The summed E-state index contributed by atoms with van der Waals surface area (Å²) in [6.45, 7) is 12.0. The van der Waals surface area contributed by atoms with Crippen LogP contribution in [0.3, 0.4) is 0 Å². The van der Waals surface area contributed by atoms with E-state index in [0.29, 0.717) is 17.0 Å². The second kappa shape index (κ2) is 10.2. The molecule has 1 atom stereocenters. The van der Waals surface area contributed by atoms with Crippen molar-refractivity contribution in [1.82, 2.24) is 4.90 Å². The van der Waals surface area contributed by atoms with Crippen LogP contribution in [-0.2, 0) is 19.7 Å². The molecule has 0 saturated heterocycles. The Morgan fingerprint density at radius 2 is 1.84 bits per heavy atom. The fourth-order valence-electron chi connectivity index (χ4n) is 3.04. The maximum atomic E-state index is 12.5. The average Bonchev–Trinajstić information content (AvgIpc) is 2.64. The van der Waals surface area contributed by atoms with Gasteiger partial charge in [0.05, 0.1) is 12.8 Å². The van der Waals surface area contributed by atoms with Crippen molar-refractivity contribution in [2.24, 2.45) is 0 Å². The molecule has 1 aromatic rings. The highest BCUT2D eigenvalue weighted by Crippen LogP contribution is 2.36. The van der Waals surface area contributed by atoms with Gasteiger partial charge in [0, 0.05) is 12.5 Å². The summed E-state index contributed by atoms with van der Waals surface area (Å²) in [6.07, 6.45) is -0.0398. The Bertz CT molecular complexity index is 828. The summed E-state index contributed by atoms with van der Waals surface area (Å²) in [4.78, 5) is 37.7. The Kier molecular flexibility index (Phi) is 8.48. The van der Waals surface area contributed by atoms with Gasteiger partial charge in [0.25, 0.3) is 0 Å². The molecule has 0 heterocycles. The minimum Gasteiger partial charge on any atom is -0.495 e. The topological polar surface area (TPSA) is 114 Å². The Balaban J connectivity index is 3.33. The van der Waals surface area contributed by atoms with Gasteiger partial charge in [-0.25, -0.2) is 14.4 Å². The fourth-order valence-corrected chi connectivity index (χ4v) is 3.04. The number of nitrogens with zero attached hydrogens (tertiary/aromatic N) is 1. The maximum Gasteiger partial charge on any atom is 0.412 e. The minimum absolute atomic E-state index is 0.0289. The van der Waals surface area contributed by atoms with E-state index in [9.17, 15) is 19.5 Å². The Hall–Kier alpha value is -3.23. The number of carbonyl (C=O) groups excluding carboxylic acids is 2. The van der Waals surface area contributed by atoms with Crippen molar-refractivity contribution >= 4 is 23.8 Å². The largest absolute Gasteiger partial charge is 0.495 e. The molecule has 9 heteroatoms. The van der Waals surface area contributed by atoms with E-state index in [1.165, 1.54) is 20.2 Å². The van der Waals surface area contributed by atoms with Crippen LogP contribution in [0, 0.1) is 0 Å². The third kappa shape index (κ3) is 6.91. The van der Waals surface area contributed by atoms with Crippen molar-refractivity contribution in [2.45, 2.75) is 51.7 Å². The highest BCUT2D eigenvalue weighted by atomic mass is 16.6. The van der Waals surface area contributed by atoms with Crippen LogP contribution in [-0.4, -0.2) is 60.6 Å². The van der Waals surface area contributed by atoms with Crippen molar-refractivity contribution < 1.29 is 33.7 Å². The van der Waals surface area contributed by atoms with E-state index in [1.54, 1.807) is 52.8 Å². The number of benzene rings is 1. The lowest BCUT2D eigenvalue weighted by molar-refractivity contribution is -0.145. The van der Waals surface area contributed by atoms with Gasteiger partial charge in [-0.2, -0.15) is 0 Å². The van der Waals surface area contributed by atoms with Crippen LogP contribution >= 0.6 is 0 Å². The molecule has 1 unspecified atom stereocenters. The second-order valence-electron chi connectivity index (χ2n) is 8.48. The van der Waals surface area contributed by atoms with Crippen molar-refractivity contribution in [2.75, 3.05) is 26.1 Å². The van der Waals surface area contributed by atoms with Gasteiger partial charge < -0.3 is 19.3 Å². The molecule has 1 rings (SSSR count). The summed E-state index contributed by atoms with van der Waals surface area (Å²) >= 11 is 0. The predicted molar refractivity (Wildman–Crippen MR) is 117 cm³/mol. The van der Waals surface area contributed by atoms with Crippen LogP contribution in [0.1, 0.15) is 40.2 Å². The van der Waals surface area contributed by atoms with Crippen molar-refractivity contribution in [3.8, 4) is 5.75 Å². The van der Waals surface area contributed by atoms with Crippen LogP contribution in [0.4, 0.5) is 15.3 Å². The molecule has 0 radical (unpaired) electrons. The van der Waals surface area contributed by atoms with E-state index in [1.807, 2.05) is 0 Å². The Labute approximate surface area is 183 Å². The van der Waals surface area contributed by atoms with E-state index in [0.717, 1.165) is 4.90 Å². The highest BCUT2D eigenvalue weighted by Gasteiger charge is 2.43. The standard InChI is InChI=1S/C22H32N2O7/c1-9-12-30-19(27)23-15-13-14(10-11-16(15)29-8)22(5,6)17(18(25)26)24(7)20(28)31-21(2,3)4/h9-11,13,17H,1,12H2,2-8H3,(H,23,27)(H,25,26). The third-order valence-corrected chi connectivity index (χ3v) is 4.50. The predicted octanol–water partition coefficient (Wildman–Crippen LogP) is 4.03. The number of carbonyl (C=O) groups is 3. The van der Waals surface area contributed by atoms with E-state index in [4.69, 9.17) is 14.2 Å². The van der Waals surface area contributed by atoms with Crippen LogP contribution in [0.15, 0.2) is 30.9 Å². The van der Waals surface area contributed by atoms with Gasteiger partial charge in [-0.1, -0.05) is 32.6 Å². The van der Waals surface area contributed by atoms with E-state index in [-0.39, 0.29) is 6.61 Å². The van der Waals surface area contributed by atoms with E-state index < -0.39 is 35.2 Å². The zero-order valence-electron chi connectivity index (χ0n) is 19.1. The molecule has 0 bridgehead atoms. The summed E-state index contributed by atoms with van der Waals surface area (Å²) in [5, 5.41) is 12.5. The number of likely N-dealkylation sites (N-methyl/N-ethyl adjacent to an activating group) is 1. The van der Waals surface area contributed by atoms with Crippen LogP contribution in [0.25, 0.3) is 0 Å². The molecule has 0 fully saturated rings. The number of anilines is 1. The van der Waals surface area contributed by atoms with Crippen LogP contribution < -0.4 is 10.1 Å². The molecule has 2 amide bonds. The third-order valence-electron chi connectivity index (χ3n) is 4.50. The van der Waals surface area contributed by atoms with Crippen LogP contribution in [0.2, 0.25) is 0 Å². The van der Waals surface area contributed by atoms with Crippen molar-refractivity contribution in [3.05, 3.63) is 36.4 Å². The molecule has 9 nitrogen and oxygen atoms in total. The molecule has 0 aliphatic carbocycles. The van der Waals surface area contributed by atoms with Gasteiger partial charge in [0.15, 0.2) is 0 Å². The smallest absolute Gasteiger partial charge is 0.412 e. The number of nitrogens with one attached hydrogen (secondary N) is 1. The molecule has 0 aliphatic rings. The van der Waals surface area contributed by atoms with Crippen molar-refractivity contribution in [1.29, 1.82) is 0 Å². The number of methoxy groups -OCH3 is 1. The molecule has 31 heavy (non-hydrogen) atoms. The average molecular weight is 437 g/mol. The van der Waals surface area contributed by atoms with Gasteiger partial charge in [0.2, 0.25) is 0 Å². The quantitative estimate of drug-likeness (QED) is 0.591. The van der Waals surface area contributed by atoms with Gasteiger partial charge in [-0.15, -0.1) is 0 Å². The lowest BCUT2D eigenvalue weighted by Gasteiger charge is -2.38. The first-order valence-corrected chi connectivity index (χ1v) is 9.66. The van der Waals surface area contributed by atoms with Crippen molar-refractivity contribution in [3.63, 3.8) is 0 Å². The molecular formula is C22H32N2O7. The fraction of sp³-hybridized carbons (Fsp3) is 0.500. The number of carboxylic acid groups (broad SMARTS) is 1. The number of aliphatic carboxylic acids is 1. The number of amides is 2. The molecule has 2 N–H and O–H groups in total. The summed E-state index contributed by atoms with van der Waals surface area (Å²) in [7, 11) is 2.82. The molecular weight excluding hydrogens is 404 g/mol. The normalized spacial score (nSPS) is 12.4. The zero-order chi connectivity index (χ0) is 24.0. The SMILES string of the molecule is C=CCOC(=O)Nc1cc(C(C)(C)C(C(=O)O)N(C)C(=O)OC(C)(C)C)ccc1OC. The Morgan fingerprint density at radius 3 is 2.32 bits per heavy atom. The number of hydrogen-bond donors (Lipinski definition) is 2. The first-order chi connectivity index (χ1) is 14.2. The lowest BCUT2D eigenvalue weighted by atomic mass is 9.77. The lowest BCUT2D eigenvalue weighted by Crippen LogP contribution is -2.54. The molecule has 0 aromatic heterocycles. The first-order valence-electron chi connectivity index (χ1n) is 9.66. The number of ether oxygens (including phenoxy) is 3. The summed E-state index contributed by atoms with van der Waals surface area (Å²) in [6, 6.07) is 3.62. The second-order valence-corrected chi connectivity index (χ2v) is 8.48. The van der Waals surface area contributed by atoms with E-state index in [2.05, 4.69) is 11.9 Å². The summed E-state index contributed by atoms with van der Waals surface area (Å²) in [5.41, 5.74) is -0.992. The molecule has 0 aliphatic heterocycles. The molecule has 1 aromatic carbocycles. The minimum atomic E-state index is -1.25. The van der Waals surface area contributed by atoms with Gasteiger partial charge in [-0.05, 0) is 38.5 Å². The number of hydrogen-bond acceptors (Lipinski definition) is 6. The zero-order valence-corrected chi connectivity index (χ0v) is 19.1. The number of rotatable bonds is 8. The van der Waals surface area contributed by atoms with E-state index >= 15 is 0 Å². The van der Waals surface area contributed by atoms with Gasteiger partial charge in [0.1, 0.15) is 24.0 Å². The van der Waals surface area contributed by atoms with Crippen LogP contribution in [0.5, 0.6) is 5.75 Å².